The van der Waals surface area contributed by atoms with Gasteiger partial charge in [-0.3, -0.25) is 14.4 Å². The normalized spacial score (nSPS) is 16.3. The summed E-state index contributed by atoms with van der Waals surface area (Å²) < 4.78 is 1.86. The van der Waals surface area contributed by atoms with Crippen LogP contribution in [0.4, 0.5) is 5.69 Å². The molecule has 1 aromatic heterocycles. The lowest BCUT2D eigenvalue weighted by Crippen LogP contribution is -2.34. The number of rotatable bonds is 6. The fourth-order valence-electron chi connectivity index (χ4n) is 3.35. The fraction of sp³-hybridized carbons (Fsp3) is 0.500. The molecule has 2 heterocycles. The molecular weight excluding hydrogens is 312 g/mol. The molecular formula is C20H28N4O. The minimum atomic E-state index is 0.102. The first-order valence-electron chi connectivity index (χ1n) is 9.20. The molecule has 3 rings (SSSR count). The predicted octanol–water partition coefficient (Wildman–Crippen LogP) is 3.70. The number of likely N-dealkylation sites (tertiary alicyclic amines) is 1. The van der Waals surface area contributed by atoms with E-state index in [-0.39, 0.29) is 5.91 Å². The number of amides is 1. The molecule has 134 valence electrons. The van der Waals surface area contributed by atoms with Crippen molar-refractivity contribution in [3.63, 3.8) is 0 Å². The number of benzene rings is 1. The third kappa shape index (κ3) is 5.16. The highest BCUT2D eigenvalue weighted by Gasteiger charge is 2.21. The predicted molar refractivity (Wildman–Crippen MR) is 100 cm³/mol. The van der Waals surface area contributed by atoms with Crippen LogP contribution in [-0.4, -0.2) is 33.7 Å². The molecule has 0 radical (unpaired) electrons. The van der Waals surface area contributed by atoms with Crippen LogP contribution in [-0.2, 0) is 11.3 Å². The molecule has 5 nitrogen and oxygen atoms in total. The number of hydrogen-bond donors (Lipinski definition) is 1. The van der Waals surface area contributed by atoms with Crippen LogP contribution in [0.3, 0.4) is 0 Å². The van der Waals surface area contributed by atoms with Crippen molar-refractivity contribution < 1.29 is 4.79 Å². The molecule has 1 aliphatic rings. The van der Waals surface area contributed by atoms with Crippen molar-refractivity contribution >= 4 is 11.6 Å². The number of carbonyl (C=O) groups is 1. The highest BCUT2D eigenvalue weighted by atomic mass is 16.1. The third-order valence-electron chi connectivity index (χ3n) is 4.84. The second-order valence-corrected chi connectivity index (χ2v) is 7.26. The highest BCUT2D eigenvalue weighted by molar-refractivity contribution is 5.90. The minimum Gasteiger partial charge on any atom is -0.323 e. The number of nitrogens with one attached hydrogen (secondary N) is 1. The first kappa shape index (κ1) is 17.7. The van der Waals surface area contributed by atoms with Gasteiger partial charge in [-0.05, 0) is 51.3 Å². The molecule has 0 saturated carbocycles. The van der Waals surface area contributed by atoms with Gasteiger partial charge in [-0.25, -0.2) is 0 Å². The van der Waals surface area contributed by atoms with E-state index in [0.29, 0.717) is 18.4 Å². The molecule has 1 aliphatic heterocycles. The van der Waals surface area contributed by atoms with E-state index in [0.717, 1.165) is 38.2 Å². The van der Waals surface area contributed by atoms with Crippen LogP contribution in [0.15, 0.2) is 42.7 Å². The molecule has 2 aromatic rings. The Labute approximate surface area is 150 Å². The third-order valence-corrected chi connectivity index (χ3v) is 4.84. The largest absolute Gasteiger partial charge is 0.323 e. The molecule has 0 bridgehead atoms. The summed E-state index contributed by atoms with van der Waals surface area (Å²) in [5, 5.41) is 7.24. The van der Waals surface area contributed by atoms with E-state index < -0.39 is 0 Å². The standard InChI is InChI=1S/C20H28N4O/c1-16(2)24-15-19(13-21-24)22-20(25)12-17-8-10-23(11-9-17)14-18-6-4-3-5-7-18/h3-7,13,15-17H,8-12,14H2,1-2H3,(H,22,25). The molecule has 1 aromatic carbocycles. The van der Waals surface area contributed by atoms with E-state index in [9.17, 15) is 4.79 Å². The van der Waals surface area contributed by atoms with Gasteiger partial charge in [-0.15, -0.1) is 0 Å². The lowest BCUT2D eigenvalue weighted by molar-refractivity contribution is -0.117. The summed E-state index contributed by atoms with van der Waals surface area (Å²) in [6.45, 7) is 7.29. The van der Waals surface area contributed by atoms with Gasteiger partial charge < -0.3 is 5.32 Å². The van der Waals surface area contributed by atoms with Crippen molar-refractivity contribution in [2.45, 2.75) is 45.7 Å². The van der Waals surface area contributed by atoms with Gasteiger partial charge >= 0.3 is 0 Å². The zero-order chi connectivity index (χ0) is 17.6. The molecule has 1 N–H and O–H groups in total. The second kappa shape index (κ2) is 8.30. The molecule has 25 heavy (non-hydrogen) atoms. The lowest BCUT2D eigenvalue weighted by atomic mass is 9.93. The number of hydrogen-bond acceptors (Lipinski definition) is 3. The second-order valence-electron chi connectivity index (χ2n) is 7.26. The summed E-state index contributed by atoms with van der Waals surface area (Å²) >= 11 is 0. The summed E-state index contributed by atoms with van der Waals surface area (Å²) in [6, 6.07) is 10.9. The monoisotopic (exact) mass is 340 g/mol. The van der Waals surface area contributed by atoms with Crippen molar-refractivity contribution in [1.82, 2.24) is 14.7 Å². The Kier molecular flexibility index (Phi) is 5.87. The zero-order valence-electron chi connectivity index (χ0n) is 15.2. The highest BCUT2D eigenvalue weighted by Crippen LogP contribution is 2.22. The summed E-state index contributed by atoms with van der Waals surface area (Å²) in [6.07, 6.45) is 6.40. The minimum absolute atomic E-state index is 0.102. The van der Waals surface area contributed by atoms with Crippen molar-refractivity contribution in [2.24, 2.45) is 5.92 Å². The molecule has 1 saturated heterocycles. The van der Waals surface area contributed by atoms with E-state index in [1.54, 1.807) is 6.20 Å². The van der Waals surface area contributed by atoms with Crippen LogP contribution < -0.4 is 5.32 Å². The Morgan fingerprint density at radius 3 is 2.60 bits per heavy atom. The maximum atomic E-state index is 12.3. The van der Waals surface area contributed by atoms with Gasteiger partial charge in [-0.1, -0.05) is 30.3 Å². The number of anilines is 1. The van der Waals surface area contributed by atoms with Crippen molar-refractivity contribution in [3.05, 3.63) is 48.3 Å². The summed E-state index contributed by atoms with van der Waals surface area (Å²) in [5.41, 5.74) is 2.15. The molecule has 0 spiro atoms. The van der Waals surface area contributed by atoms with Crippen LogP contribution in [0.1, 0.15) is 44.7 Å². The van der Waals surface area contributed by atoms with Crippen molar-refractivity contribution in [1.29, 1.82) is 0 Å². The SMILES string of the molecule is CC(C)n1cc(NC(=O)CC2CCN(Cc3ccccc3)CC2)cn1. The van der Waals surface area contributed by atoms with E-state index in [1.807, 2.05) is 10.9 Å². The Bertz CT molecular complexity index is 672. The smallest absolute Gasteiger partial charge is 0.224 e. The fourth-order valence-corrected chi connectivity index (χ4v) is 3.35. The van der Waals surface area contributed by atoms with Gasteiger partial charge in [0.25, 0.3) is 0 Å². The molecule has 0 atom stereocenters. The van der Waals surface area contributed by atoms with Gasteiger partial charge in [0.15, 0.2) is 0 Å². The Balaban J connectivity index is 1.41. The van der Waals surface area contributed by atoms with E-state index >= 15 is 0 Å². The average Bonchev–Trinajstić information content (AvgIpc) is 3.06. The Morgan fingerprint density at radius 1 is 1.24 bits per heavy atom. The van der Waals surface area contributed by atoms with Gasteiger partial charge in [0.05, 0.1) is 11.9 Å². The maximum Gasteiger partial charge on any atom is 0.224 e. The summed E-state index contributed by atoms with van der Waals surface area (Å²) in [7, 11) is 0. The number of carbonyl (C=O) groups excluding carboxylic acids is 1. The zero-order valence-corrected chi connectivity index (χ0v) is 15.2. The van der Waals surface area contributed by atoms with Crippen LogP contribution in [0.2, 0.25) is 0 Å². The van der Waals surface area contributed by atoms with Gasteiger partial charge in [0.2, 0.25) is 5.91 Å². The number of piperidine rings is 1. The van der Waals surface area contributed by atoms with E-state index in [2.05, 4.69) is 59.5 Å². The molecule has 1 amide bonds. The van der Waals surface area contributed by atoms with Gasteiger partial charge in [-0.2, -0.15) is 5.10 Å². The summed E-state index contributed by atoms with van der Waals surface area (Å²) in [4.78, 5) is 14.8. The molecule has 1 fully saturated rings. The van der Waals surface area contributed by atoms with E-state index in [1.165, 1.54) is 5.56 Å². The Morgan fingerprint density at radius 2 is 1.96 bits per heavy atom. The molecule has 0 aliphatic carbocycles. The average molecular weight is 340 g/mol. The number of aromatic nitrogens is 2. The van der Waals surface area contributed by atoms with Crippen molar-refractivity contribution in [3.8, 4) is 0 Å². The van der Waals surface area contributed by atoms with Crippen LogP contribution >= 0.6 is 0 Å². The molecule has 0 unspecified atom stereocenters. The maximum absolute atomic E-state index is 12.3. The quantitative estimate of drug-likeness (QED) is 0.872. The van der Waals surface area contributed by atoms with Gasteiger partial charge in [0, 0.05) is 25.2 Å². The van der Waals surface area contributed by atoms with Crippen molar-refractivity contribution in [2.75, 3.05) is 18.4 Å². The van der Waals surface area contributed by atoms with Crippen LogP contribution in [0, 0.1) is 5.92 Å². The Hall–Kier alpha value is -2.14. The first-order valence-corrected chi connectivity index (χ1v) is 9.20. The van der Waals surface area contributed by atoms with Crippen LogP contribution in [0.25, 0.3) is 0 Å². The van der Waals surface area contributed by atoms with E-state index in [4.69, 9.17) is 0 Å². The first-order chi connectivity index (χ1) is 12.1. The van der Waals surface area contributed by atoms with Crippen LogP contribution in [0.5, 0.6) is 0 Å². The van der Waals surface area contributed by atoms with Gasteiger partial charge in [0.1, 0.15) is 0 Å². The lowest BCUT2D eigenvalue weighted by Gasteiger charge is -2.31. The topological polar surface area (TPSA) is 50.2 Å². The number of nitrogens with zero attached hydrogens (tertiary/aromatic N) is 3. The molecule has 5 heteroatoms. The summed E-state index contributed by atoms with van der Waals surface area (Å²) in [5.74, 6) is 0.581.